The molecule has 0 spiro atoms. The van der Waals surface area contributed by atoms with E-state index in [1.165, 1.54) is 0 Å². The summed E-state index contributed by atoms with van der Waals surface area (Å²) in [4.78, 5) is 31.1. The van der Waals surface area contributed by atoms with Crippen molar-refractivity contribution in [2.45, 2.75) is 70.7 Å². The van der Waals surface area contributed by atoms with E-state index in [9.17, 15) is 14.7 Å². The Morgan fingerprint density at radius 3 is 2.67 bits per heavy atom. The summed E-state index contributed by atoms with van der Waals surface area (Å²) in [7, 11) is 0. The van der Waals surface area contributed by atoms with Gasteiger partial charge in [-0.3, -0.25) is 13.9 Å². The Balaban J connectivity index is 1.66. The van der Waals surface area contributed by atoms with Crippen molar-refractivity contribution < 1.29 is 9.84 Å². The molecule has 10 heteroatoms. The molecule has 0 amide bonds. The summed E-state index contributed by atoms with van der Waals surface area (Å²) < 4.78 is 10.2. The Bertz CT molecular complexity index is 1240. The molecule has 0 unspecified atom stereocenters. The number of aryl methyl sites for hydroxylation is 1. The lowest BCUT2D eigenvalue weighted by Gasteiger charge is -2.17. The number of aliphatic hydroxyl groups is 1. The van der Waals surface area contributed by atoms with E-state index in [1.54, 1.807) is 29.1 Å². The van der Waals surface area contributed by atoms with Gasteiger partial charge < -0.3 is 14.4 Å². The van der Waals surface area contributed by atoms with Crippen LogP contribution in [0.4, 0.5) is 0 Å². The fourth-order valence-corrected chi connectivity index (χ4v) is 4.85. The van der Waals surface area contributed by atoms with E-state index in [0.717, 1.165) is 43.1 Å². The second-order valence-corrected chi connectivity index (χ2v) is 9.35. The molecule has 3 aromatic rings. The summed E-state index contributed by atoms with van der Waals surface area (Å²) in [6, 6.07) is 4.98. The van der Waals surface area contributed by atoms with Crippen LogP contribution in [0.2, 0.25) is 10.0 Å². The van der Waals surface area contributed by atoms with Gasteiger partial charge in [0.1, 0.15) is 18.5 Å². The summed E-state index contributed by atoms with van der Waals surface area (Å²) in [5, 5.41) is 11.4. The molecule has 1 aliphatic rings. The van der Waals surface area contributed by atoms with E-state index in [1.807, 2.05) is 11.5 Å². The summed E-state index contributed by atoms with van der Waals surface area (Å²) in [6.45, 7) is 2.17. The van der Waals surface area contributed by atoms with Crippen LogP contribution in [-0.4, -0.2) is 36.5 Å². The largest absolute Gasteiger partial charge is 0.489 e. The van der Waals surface area contributed by atoms with E-state index in [4.69, 9.17) is 27.9 Å². The summed E-state index contributed by atoms with van der Waals surface area (Å²) in [5.74, 6) is 0.364. The first kappa shape index (κ1) is 23.9. The predicted octanol–water partition coefficient (Wildman–Crippen LogP) is 4.02. The van der Waals surface area contributed by atoms with Gasteiger partial charge in [-0.05, 0) is 37.5 Å². The Kier molecular flexibility index (Phi) is 7.46. The number of halogens is 2. The van der Waals surface area contributed by atoms with Crippen LogP contribution in [0.3, 0.4) is 0 Å². The molecule has 0 saturated heterocycles. The van der Waals surface area contributed by atoms with Crippen molar-refractivity contribution in [3.8, 4) is 5.75 Å². The lowest BCUT2D eigenvalue weighted by atomic mass is 10.2. The van der Waals surface area contributed by atoms with Crippen molar-refractivity contribution in [3.05, 3.63) is 55.4 Å². The number of benzene rings is 1. The van der Waals surface area contributed by atoms with E-state index in [2.05, 4.69) is 4.98 Å². The van der Waals surface area contributed by atoms with Crippen molar-refractivity contribution >= 4 is 34.4 Å². The zero-order chi connectivity index (χ0) is 23.5. The van der Waals surface area contributed by atoms with Crippen molar-refractivity contribution in [2.24, 2.45) is 0 Å². The normalized spacial score (nSPS) is 15.4. The van der Waals surface area contributed by atoms with Gasteiger partial charge in [0.25, 0.3) is 5.56 Å². The lowest BCUT2D eigenvalue weighted by molar-refractivity contribution is 0.0902. The first-order valence-electron chi connectivity index (χ1n) is 11.4. The standard InChI is InChI=1S/C23H28Cl2N4O4/c1-2-3-10-27-21-20(29(14-26-21)16-6-4-5-7-16)22(31)28(23(27)32)12-17(30)13-33-19-9-8-15(24)11-18(19)25/h8-9,11,14,16-17,30H,2-7,10,12-13H2,1H3/t17-/m0/s1. The molecule has 1 atom stereocenters. The highest BCUT2D eigenvalue weighted by molar-refractivity contribution is 6.35. The SMILES string of the molecule is CCCCn1c(=O)n(C[C@H](O)COc2ccc(Cl)cc2Cl)c(=O)c2c1ncn2C1CCCC1. The molecule has 1 aliphatic carbocycles. The molecule has 4 rings (SSSR count). The Labute approximate surface area is 201 Å². The molecule has 0 aliphatic heterocycles. The molecule has 2 heterocycles. The van der Waals surface area contributed by atoms with Gasteiger partial charge in [-0.1, -0.05) is 49.4 Å². The van der Waals surface area contributed by atoms with Gasteiger partial charge in [0.2, 0.25) is 0 Å². The number of imidazole rings is 1. The minimum atomic E-state index is -1.10. The quantitative estimate of drug-likeness (QED) is 0.484. The summed E-state index contributed by atoms with van der Waals surface area (Å²) in [6.07, 6.45) is 6.44. The first-order valence-corrected chi connectivity index (χ1v) is 12.1. The number of aromatic nitrogens is 4. The lowest BCUT2D eigenvalue weighted by Crippen LogP contribution is -2.44. The minimum Gasteiger partial charge on any atom is -0.489 e. The maximum absolute atomic E-state index is 13.4. The van der Waals surface area contributed by atoms with Crippen LogP contribution in [0.25, 0.3) is 11.2 Å². The Morgan fingerprint density at radius 1 is 1.21 bits per heavy atom. The van der Waals surface area contributed by atoms with E-state index in [0.29, 0.717) is 33.5 Å². The Morgan fingerprint density at radius 2 is 1.97 bits per heavy atom. The second-order valence-electron chi connectivity index (χ2n) is 8.51. The highest BCUT2D eigenvalue weighted by Crippen LogP contribution is 2.31. The van der Waals surface area contributed by atoms with E-state index >= 15 is 0 Å². The third-order valence-electron chi connectivity index (χ3n) is 6.11. The molecule has 33 heavy (non-hydrogen) atoms. The number of hydrogen-bond donors (Lipinski definition) is 1. The zero-order valence-corrected chi connectivity index (χ0v) is 20.1. The maximum Gasteiger partial charge on any atom is 0.332 e. The molecular formula is C23H28Cl2N4O4. The number of unbranched alkanes of at least 4 members (excludes halogenated alkanes) is 1. The minimum absolute atomic E-state index is 0.137. The maximum atomic E-state index is 13.4. The zero-order valence-electron chi connectivity index (χ0n) is 18.5. The second kappa shape index (κ2) is 10.3. The third-order valence-corrected chi connectivity index (χ3v) is 6.64. The molecule has 1 N–H and O–H groups in total. The van der Waals surface area contributed by atoms with Crippen LogP contribution < -0.4 is 16.0 Å². The summed E-state index contributed by atoms with van der Waals surface area (Å²) >= 11 is 12.0. The smallest absolute Gasteiger partial charge is 0.332 e. The van der Waals surface area contributed by atoms with Gasteiger partial charge in [0, 0.05) is 17.6 Å². The average molecular weight is 495 g/mol. The number of nitrogens with zero attached hydrogens (tertiary/aromatic N) is 4. The van der Waals surface area contributed by atoms with Crippen LogP contribution in [0, 0.1) is 0 Å². The summed E-state index contributed by atoms with van der Waals surface area (Å²) in [5.41, 5.74) is -0.0660. The topological polar surface area (TPSA) is 91.3 Å². The van der Waals surface area contributed by atoms with Gasteiger partial charge >= 0.3 is 5.69 Å². The molecule has 8 nitrogen and oxygen atoms in total. The fourth-order valence-electron chi connectivity index (χ4n) is 4.39. The van der Waals surface area contributed by atoms with E-state index < -0.39 is 17.4 Å². The van der Waals surface area contributed by atoms with Gasteiger partial charge in [-0.25, -0.2) is 9.78 Å². The molecule has 1 saturated carbocycles. The first-order chi connectivity index (χ1) is 15.9. The monoisotopic (exact) mass is 494 g/mol. The van der Waals surface area contributed by atoms with Crippen LogP contribution in [0.15, 0.2) is 34.1 Å². The van der Waals surface area contributed by atoms with Crippen LogP contribution >= 0.6 is 23.2 Å². The number of fused-ring (bicyclic) bond motifs is 1. The van der Waals surface area contributed by atoms with Crippen molar-refractivity contribution in [3.63, 3.8) is 0 Å². The molecule has 1 fully saturated rings. The number of hydrogen-bond acceptors (Lipinski definition) is 5. The number of rotatable bonds is 9. The van der Waals surface area contributed by atoms with Crippen molar-refractivity contribution in [1.29, 1.82) is 0 Å². The fraction of sp³-hybridized carbons (Fsp3) is 0.522. The molecule has 178 valence electrons. The van der Waals surface area contributed by atoms with Crippen LogP contribution in [0.5, 0.6) is 5.75 Å². The van der Waals surface area contributed by atoms with Crippen LogP contribution in [-0.2, 0) is 13.1 Å². The molecule has 0 radical (unpaired) electrons. The highest BCUT2D eigenvalue weighted by Gasteiger charge is 2.25. The number of aliphatic hydroxyl groups excluding tert-OH is 1. The average Bonchev–Trinajstić information content (AvgIpc) is 3.46. The highest BCUT2D eigenvalue weighted by atomic mass is 35.5. The molecule has 1 aromatic carbocycles. The van der Waals surface area contributed by atoms with E-state index in [-0.39, 0.29) is 19.2 Å². The predicted molar refractivity (Wildman–Crippen MR) is 129 cm³/mol. The van der Waals surface area contributed by atoms with Gasteiger partial charge in [0.15, 0.2) is 11.2 Å². The van der Waals surface area contributed by atoms with Crippen molar-refractivity contribution in [1.82, 2.24) is 18.7 Å². The molecule has 0 bridgehead atoms. The number of ether oxygens (including phenoxy) is 1. The van der Waals surface area contributed by atoms with Crippen LogP contribution in [0.1, 0.15) is 51.5 Å². The molecular weight excluding hydrogens is 467 g/mol. The van der Waals surface area contributed by atoms with Gasteiger partial charge in [0.05, 0.1) is 17.9 Å². The van der Waals surface area contributed by atoms with Gasteiger partial charge in [-0.15, -0.1) is 0 Å². The van der Waals surface area contributed by atoms with Gasteiger partial charge in [-0.2, -0.15) is 0 Å². The Hall–Kier alpha value is -2.29. The van der Waals surface area contributed by atoms with Crippen molar-refractivity contribution in [2.75, 3.05) is 6.61 Å². The third kappa shape index (κ3) is 4.98. The molecule has 2 aromatic heterocycles.